The molecule has 0 atom stereocenters. The van der Waals surface area contributed by atoms with Crippen LogP contribution in [0.15, 0.2) is 24.3 Å². The summed E-state index contributed by atoms with van der Waals surface area (Å²) >= 11 is 7.59. The van der Waals surface area contributed by atoms with E-state index in [-0.39, 0.29) is 18.3 Å². The molecule has 3 nitrogen and oxygen atoms in total. The predicted molar refractivity (Wildman–Crippen MR) is 85.4 cm³/mol. The maximum absolute atomic E-state index is 12.1. The third-order valence-corrected chi connectivity index (χ3v) is 4.59. The van der Waals surface area contributed by atoms with Crippen LogP contribution in [0.5, 0.6) is 0 Å². The molecule has 1 aromatic carbocycles. The molecule has 0 radical (unpaired) electrons. The number of anilines is 1. The number of benzene rings is 1. The molecule has 20 heavy (non-hydrogen) atoms. The van der Waals surface area contributed by atoms with Gasteiger partial charge in [-0.1, -0.05) is 23.7 Å². The number of fused-ring (bicyclic) bond motifs is 1. The zero-order valence-corrected chi connectivity index (χ0v) is 13.1. The predicted octanol–water partition coefficient (Wildman–Crippen LogP) is 4.35. The Balaban J connectivity index is 0.00000147. The Labute approximate surface area is 132 Å². The van der Waals surface area contributed by atoms with Gasteiger partial charge < -0.3 is 0 Å². The van der Waals surface area contributed by atoms with Gasteiger partial charge >= 0.3 is 0 Å². The van der Waals surface area contributed by atoms with E-state index >= 15 is 0 Å². The van der Waals surface area contributed by atoms with Crippen molar-refractivity contribution in [3.05, 3.63) is 45.4 Å². The molecule has 1 aromatic heterocycles. The molecule has 1 N–H and O–H groups in total. The van der Waals surface area contributed by atoms with Crippen molar-refractivity contribution in [3.8, 4) is 0 Å². The highest BCUT2D eigenvalue weighted by Gasteiger charge is 2.17. The molecule has 3 rings (SSSR count). The van der Waals surface area contributed by atoms with Crippen LogP contribution in [0, 0.1) is 0 Å². The summed E-state index contributed by atoms with van der Waals surface area (Å²) < 4.78 is 0. The quantitative estimate of drug-likeness (QED) is 0.890. The average Bonchev–Trinajstić information content (AvgIpc) is 2.81. The van der Waals surface area contributed by atoms with Crippen molar-refractivity contribution in [2.45, 2.75) is 25.7 Å². The van der Waals surface area contributed by atoms with Gasteiger partial charge in [0, 0.05) is 4.88 Å². The smallest absolute Gasteiger partial charge is 0.258 e. The standard InChI is InChI=1S/C14H13ClN2OS.ClH/c15-10-6-2-1-5-9(10)13(18)17-14-16-11-7-3-4-8-12(11)19-14;/h1-2,5-6H,3-4,7-8H2,(H,16,17,18);1H. The van der Waals surface area contributed by atoms with Gasteiger partial charge in [0.05, 0.1) is 16.3 Å². The molecular weight excluding hydrogens is 315 g/mol. The van der Waals surface area contributed by atoms with Crippen LogP contribution in [0.2, 0.25) is 5.02 Å². The van der Waals surface area contributed by atoms with Crippen molar-refractivity contribution in [3.63, 3.8) is 0 Å². The van der Waals surface area contributed by atoms with Crippen molar-refractivity contribution >= 4 is 46.4 Å². The molecule has 0 spiro atoms. The first-order chi connectivity index (χ1) is 9.24. The Kier molecular flexibility index (Phi) is 5.02. The lowest BCUT2D eigenvalue weighted by atomic mass is 10.0. The summed E-state index contributed by atoms with van der Waals surface area (Å²) in [6.45, 7) is 0. The van der Waals surface area contributed by atoms with Gasteiger partial charge in [0.25, 0.3) is 5.91 Å². The van der Waals surface area contributed by atoms with Gasteiger partial charge in [0.2, 0.25) is 0 Å². The lowest BCUT2D eigenvalue weighted by molar-refractivity contribution is 0.102. The monoisotopic (exact) mass is 328 g/mol. The highest BCUT2D eigenvalue weighted by Crippen LogP contribution is 2.30. The lowest BCUT2D eigenvalue weighted by Crippen LogP contribution is -2.12. The maximum Gasteiger partial charge on any atom is 0.258 e. The summed E-state index contributed by atoms with van der Waals surface area (Å²) in [6.07, 6.45) is 4.50. The van der Waals surface area contributed by atoms with E-state index < -0.39 is 0 Å². The number of carbonyl (C=O) groups is 1. The van der Waals surface area contributed by atoms with Crippen molar-refractivity contribution in [1.29, 1.82) is 0 Å². The number of hydrogen-bond donors (Lipinski definition) is 1. The number of carbonyl (C=O) groups excluding carboxylic acids is 1. The van der Waals surface area contributed by atoms with Gasteiger partial charge in [0.15, 0.2) is 5.13 Å². The maximum atomic E-state index is 12.1. The van der Waals surface area contributed by atoms with Crippen molar-refractivity contribution in [1.82, 2.24) is 4.98 Å². The van der Waals surface area contributed by atoms with E-state index in [0.29, 0.717) is 15.7 Å². The molecular formula is C14H14Cl2N2OS. The summed E-state index contributed by atoms with van der Waals surface area (Å²) in [4.78, 5) is 17.9. The summed E-state index contributed by atoms with van der Waals surface area (Å²) in [5.41, 5.74) is 1.63. The van der Waals surface area contributed by atoms with E-state index in [4.69, 9.17) is 11.6 Å². The average molecular weight is 329 g/mol. The van der Waals surface area contributed by atoms with Crippen molar-refractivity contribution < 1.29 is 4.79 Å². The van der Waals surface area contributed by atoms with Gasteiger partial charge in [0.1, 0.15) is 0 Å². The molecule has 0 saturated carbocycles. The van der Waals surface area contributed by atoms with E-state index in [9.17, 15) is 4.79 Å². The Morgan fingerprint density at radius 1 is 1.25 bits per heavy atom. The molecule has 1 aliphatic rings. The Bertz CT molecular complexity index is 604. The molecule has 1 heterocycles. The van der Waals surface area contributed by atoms with Gasteiger partial charge in [-0.15, -0.1) is 23.7 Å². The number of halogens is 2. The normalized spacial score (nSPS) is 13.2. The van der Waals surface area contributed by atoms with E-state index in [1.54, 1.807) is 35.6 Å². The van der Waals surface area contributed by atoms with Gasteiger partial charge in [-0.25, -0.2) is 4.98 Å². The van der Waals surface area contributed by atoms with Gasteiger partial charge in [-0.2, -0.15) is 0 Å². The second-order valence-corrected chi connectivity index (χ2v) is 6.02. The van der Waals surface area contributed by atoms with Crippen LogP contribution in [0.1, 0.15) is 33.8 Å². The fourth-order valence-electron chi connectivity index (χ4n) is 2.22. The van der Waals surface area contributed by atoms with Crippen LogP contribution >= 0.6 is 35.3 Å². The molecule has 0 saturated heterocycles. The van der Waals surface area contributed by atoms with Crippen LogP contribution in [0.3, 0.4) is 0 Å². The zero-order valence-electron chi connectivity index (χ0n) is 10.7. The Morgan fingerprint density at radius 2 is 2.00 bits per heavy atom. The van der Waals surface area contributed by atoms with E-state index in [1.165, 1.54) is 17.7 Å². The second kappa shape index (κ2) is 6.57. The largest absolute Gasteiger partial charge is 0.298 e. The van der Waals surface area contributed by atoms with Crippen LogP contribution in [-0.2, 0) is 12.8 Å². The number of aromatic nitrogens is 1. The number of rotatable bonds is 2. The first kappa shape index (κ1) is 15.3. The number of nitrogens with one attached hydrogen (secondary N) is 1. The molecule has 1 amide bonds. The molecule has 0 unspecified atom stereocenters. The summed E-state index contributed by atoms with van der Waals surface area (Å²) in [5, 5.41) is 3.98. The fourth-order valence-corrected chi connectivity index (χ4v) is 3.48. The number of thiazole rings is 1. The van der Waals surface area contributed by atoms with Crippen molar-refractivity contribution in [2.75, 3.05) is 5.32 Å². The number of hydrogen-bond acceptors (Lipinski definition) is 3. The third-order valence-electron chi connectivity index (χ3n) is 3.18. The molecule has 0 fully saturated rings. The van der Waals surface area contributed by atoms with Crippen LogP contribution in [0.25, 0.3) is 0 Å². The van der Waals surface area contributed by atoms with Gasteiger partial charge in [-0.3, -0.25) is 10.1 Å². The third kappa shape index (κ3) is 3.14. The molecule has 1 aliphatic carbocycles. The van der Waals surface area contributed by atoms with Crippen LogP contribution < -0.4 is 5.32 Å². The minimum atomic E-state index is -0.198. The zero-order chi connectivity index (χ0) is 13.2. The number of aryl methyl sites for hydroxylation is 2. The SMILES string of the molecule is Cl.O=C(Nc1nc2c(s1)CCCC2)c1ccccc1Cl. The molecule has 2 aromatic rings. The summed E-state index contributed by atoms with van der Waals surface area (Å²) in [7, 11) is 0. The summed E-state index contributed by atoms with van der Waals surface area (Å²) in [6, 6.07) is 7.03. The minimum Gasteiger partial charge on any atom is -0.298 e. The highest BCUT2D eigenvalue weighted by atomic mass is 35.5. The molecule has 106 valence electrons. The number of amides is 1. The van der Waals surface area contributed by atoms with E-state index in [1.807, 2.05) is 0 Å². The minimum absolute atomic E-state index is 0. The van der Waals surface area contributed by atoms with Crippen LogP contribution in [0.4, 0.5) is 5.13 Å². The molecule has 0 aliphatic heterocycles. The molecule has 6 heteroatoms. The van der Waals surface area contributed by atoms with Crippen molar-refractivity contribution in [2.24, 2.45) is 0 Å². The van der Waals surface area contributed by atoms with Crippen LogP contribution in [-0.4, -0.2) is 10.9 Å². The fraction of sp³-hybridized carbons (Fsp3) is 0.286. The van der Waals surface area contributed by atoms with E-state index in [2.05, 4.69) is 10.3 Å². The summed E-state index contributed by atoms with van der Waals surface area (Å²) in [5.74, 6) is -0.198. The topological polar surface area (TPSA) is 42.0 Å². The second-order valence-electron chi connectivity index (χ2n) is 4.53. The molecule has 0 bridgehead atoms. The first-order valence-electron chi connectivity index (χ1n) is 6.28. The Morgan fingerprint density at radius 3 is 2.75 bits per heavy atom. The van der Waals surface area contributed by atoms with E-state index in [0.717, 1.165) is 18.5 Å². The first-order valence-corrected chi connectivity index (χ1v) is 7.48. The highest BCUT2D eigenvalue weighted by molar-refractivity contribution is 7.15. The van der Waals surface area contributed by atoms with Gasteiger partial charge in [-0.05, 0) is 37.8 Å². The number of nitrogens with zero attached hydrogens (tertiary/aromatic N) is 1. The Hall–Kier alpha value is -1.10. The lowest BCUT2D eigenvalue weighted by Gasteiger charge is -2.06.